The average molecular weight is 291 g/mol. The van der Waals surface area contributed by atoms with Gasteiger partial charge in [-0.1, -0.05) is 13.8 Å². The second-order valence-electron chi connectivity index (χ2n) is 5.57. The lowest BCUT2D eigenvalue weighted by molar-refractivity contribution is 0.0935. The molecule has 1 unspecified atom stereocenters. The molecule has 0 radical (unpaired) electrons. The number of rotatable bonds is 3. The molecule has 0 aliphatic rings. The van der Waals surface area contributed by atoms with E-state index in [0.29, 0.717) is 16.5 Å². The summed E-state index contributed by atoms with van der Waals surface area (Å²) in [5.74, 6) is 0.294. The van der Waals surface area contributed by atoms with Crippen LogP contribution in [0.25, 0.3) is 10.1 Å². The molecule has 0 bridgehead atoms. The molecular formula is C15H21N3OS. The van der Waals surface area contributed by atoms with Gasteiger partial charge in [-0.3, -0.25) is 9.78 Å². The van der Waals surface area contributed by atoms with Gasteiger partial charge in [0, 0.05) is 27.5 Å². The van der Waals surface area contributed by atoms with Crippen molar-refractivity contribution in [3.63, 3.8) is 0 Å². The molecule has 0 aliphatic carbocycles. The molecule has 0 saturated carbocycles. The lowest BCUT2D eigenvalue weighted by Gasteiger charge is -2.16. The van der Waals surface area contributed by atoms with Crippen LogP contribution >= 0.6 is 11.3 Å². The number of nitrogens with zero attached hydrogens (tertiary/aromatic N) is 1. The summed E-state index contributed by atoms with van der Waals surface area (Å²) >= 11 is 1.44. The molecule has 20 heavy (non-hydrogen) atoms. The van der Waals surface area contributed by atoms with Crippen molar-refractivity contribution in [3.05, 3.63) is 22.3 Å². The summed E-state index contributed by atoms with van der Waals surface area (Å²) in [6.07, 6.45) is 0. The fourth-order valence-electron chi connectivity index (χ4n) is 2.09. The number of nitrogen functional groups attached to an aromatic ring is 1. The number of carbonyl (C=O) groups excluding carboxylic acids is 1. The normalized spacial score (nSPS) is 12.9. The maximum atomic E-state index is 12.3. The molecule has 0 saturated heterocycles. The van der Waals surface area contributed by atoms with Crippen LogP contribution in [0, 0.1) is 19.8 Å². The second kappa shape index (κ2) is 5.40. The quantitative estimate of drug-likeness (QED) is 0.912. The number of nitrogens with one attached hydrogen (secondary N) is 1. The van der Waals surface area contributed by atoms with Crippen molar-refractivity contribution in [1.29, 1.82) is 0 Å². The number of thiophene rings is 1. The third-order valence-electron chi connectivity index (χ3n) is 3.58. The Morgan fingerprint density at radius 3 is 2.60 bits per heavy atom. The molecule has 2 rings (SSSR count). The monoisotopic (exact) mass is 291 g/mol. The van der Waals surface area contributed by atoms with Crippen LogP contribution < -0.4 is 11.1 Å². The molecule has 0 aromatic carbocycles. The first-order chi connectivity index (χ1) is 9.31. The van der Waals surface area contributed by atoms with E-state index in [0.717, 1.165) is 21.5 Å². The highest BCUT2D eigenvalue weighted by Crippen LogP contribution is 2.35. The molecule has 4 nitrogen and oxygen atoms in total. The Balaban J connectivity index is 2.43. The topological polar surface area (TPSA) is 68.0 Å². The number of hydrogen-bond donors (Lipinski definition) is 2. The third-order valence-corrected chi connectivity index (χ3v) is 4.73. The van der Waals surface area contributed by atoms with Crippen molar-refractivity contribution in [2.24, 2.45) is 5.92 Å². The second-order valence-corrected chi connectivity index (χ2v) is 6.63. The van der Waals surface area contributed by atoms with Crippen molar-refractivity contribution in [3.8, 4) is 0 Å². The van der Waals surface area contributed by atoms with Gasteiger partial charge in [-0.05, 0) is 32.8 Å². The highest BCUT2D eigenvalue weighted by Gasteiger charge is 2.20. The van der Waals surface area contributed by atoms with Gasteiger partial charge in [0.15, 0.2) is 0 Å². The van der Waals surface area contributed by atoms with E-state index in [-0.39, 0.29) is 11.9 Å². The number of amides is 1. The third kappa shape index (κ3) is 2.63. The smallest absolute Gasteiger partial charge is 0.263 e. The number of carbonyl (C=O) groups is 1. The van der Waals surface area contributed by atoms with E-state index in [2.05, 4.69) is 24.1 Å². The summed E-state index contributed by atoms with van der Waals surface area (Å²) in [7, 11) is 0. The Bertz CT molecular complexity index is 661. The highest BCUT2D eigenvalue weighted by molar-refractivity contribution is 7.21. The fourth-order valence-corrected chi connectivity index (χ4v) is 3.26. The molecule has 5 heteroatoms. The number of aryl methyl sites for hydroxylation is 2. The average Bonchev–Trinajstić information content (AvgIpc) is 2.66. The molecule has 108 valence electrons. The van der Waals surface area contributed by atoms with Gasteiger partial charge in [-0.25, -0.2) is 0 Å². The minimum Gasteiger partial charge on any atom is -0.397 e. The van der Waals surface area contributed by atoms with E-state index in [9.17, 15) is 4.79 Å². The fraction of sp³-hybridized carbons (Fsp3) is 0.467. The van der Waals surface area contributed by atoms with E-state index in [4.69, 9.17) is 5.73 Å². The number of fused-ring (bicyclic) bond motifs is 1. The molecule has 3 N–H and O–H groups in total. The predicted octanol–water partition coefficient (Wildman–Crippen LogP) is 3.27. The lowest BCUT2D eigenvalue weighted by Crippen LogP contribution is -2.35. The van der Waals surface area contributed by atoms with Gasteiger partial charge < -0.3 is 11.1 Å². The van der Waals surface area contributed by atoms with Gasteiger partial charge >= 0.3 is 0 Å². The van der Waals surface area contributed by atoms with E-state index in [1.54, 1.807) is 0 Å². The Hall–Kier alpha value is -1.62. The molecule has 0 spiro atoms. The van der Waals surface area contributed by atoms with E-state index >= 15 is 0 Å². The maximum absolute atomic E-state index is 12.3. The molecule has 1 amide bonds. The molecule has 2 aromatic rings. The first kappa shape index (κ1) is 14.8. The summed E-state index contributed by atoms with van der Waals surface area (Å²) in [6, 6.07) is 2.10. The summed E-state index contributed by atoms with van der Waals surface area (Å²) in [6.45, 7) is 10.0. The Kier molecular flexibility index (Phi) is 3.99. The van der Waals surface area contributed by atoms with Gasteiger partial charge in [0.05, 0.1) is 5.69 Å². The zero-order valence-corrected chi connectivity index (χ0v) is 13.4. The lowest BCUT2D eigenvalue weighted by atomic mass is 10.1. The van der Waals surface area contributed by atoms with Crippen LogP contribution in [-0.2, 0) is 0 Å². The van der Waals surface area contributed by atoms with Gasteiger partial charge in [-0.15, -0.1) is 11.3 Å². The molecular weight excluding hydrogens is 270 g/mol. The summed E-state index contributed by atoms with van der Waals surface area (Å²) in [5, 5.41) is 3.91. The summed E-state index contributed by atoms with van der Waals surface area (Å²) in [4.78, 5) is 17.4. The van der Waals surface area contributed by atoms with Crippen molar-refractivity contribution >= 4 is 33.0 Å². The number of nitrogens with two attached hydrogens (primary N) is 1. The van der Waals surface area contributed by atoms with Crippen molar-refractivity contribution in [2.75, 3.05) is 5.73 Å². The SMILES string of the molecule is Cc1cc2sc(C(=O)NC(C)C(C)C)c(N)c2c(C)n1. The minimum absolute atomic E-state index is 0.0954. The van der Waals surface area contributed by atoms with Gasteiger partial charge in [0.2, 0.25) is 0 Å². The zero-order valence-electron chi connectivity index (χ0n) is 12.6. The number of pyridine rings is 1. The van der Waals surface area contributed by atoms with Crippen molar-refractivity contribution in [2.45, 2.75) is 40.7 Å². The van der Waals surface area contributed by atoms with Gasteiger partial charge in [-0.2, -0.15) is 0 Å². The van der Waals surface area contributed by atoms with Crippen molar-refractivity contribution in [1.82, 2.24) is 10.3 Å². The number of anilines is 1. The largest absolute Gasteiger partial charge is 0.397 e. The molecule has 2 aromatic heterocycles. The molecule has 0 fully saturated rings. The van der Waals surface area contributed by atoms with Crippen LogP contribution in [-0.4, -0.2) is 16.9 Å². The molecule has 2 heterocycles. The Morgan fingerprint density at radius 2 is 2.00 bits per heavy atom. The number of hydrogen-bond acceptors (Lipinski definition) is 4. The first-order valence-electron chi connectivity index (χ1n) is 6.78. The van der Waals surface area contributed by atoms with Crippen LogP contribution in [0.3, 0.4) is 0 Å². The van der Waals surface area contributed by atoms with Crippen LogP contribution in [0.15, 0.2) is 6.07 Å². The van der Waals surface area contributed by atoms with Gasteiger partial charge in [0.1, 0.15) is 4.88 Å². The maximum Gasteiger partial charge on any atom is 0.263 e. The van der Waals surface area contributed by atoms with E-state index in [1.165, 1.54) is 11.3 Å². The van der Waals surface area contributed by atoms with E-state index < -0.39 is 0 Å². The summed E-state index contributed by atoms with van der Waals surface area (Å²) in [5.41, 5.74) is 8.52. The molecule has 0 aliphatic heterocycles. The minimum atomic E-state index is -0.0954. The van der Waals surface area contributed by atoms with Gasteiger partial charge in [0.25, 0.3) is 5.91 Å². The highest BCUT2D eigenvalue weighted by atomic mass is 32.1. The van der Waals surface area contributed by atoms with Crippen molar-refractivity contribution < 1.29 is 4.79 Å². The molecule has 1 atom stereocenters. The standard InChI is InChI=1S/C15H21N3OS/c1-7(2)9(4)18-15(19)14-13(16)12-10(5)17-8(3)6-11(12)20-14/h6-7,9H,16H2,1-5H3,(H,18,19). The van der Waals surface area contributed by atoms with Crippen LogP contribution in [0.4, 0.5) is 5.69 Å². The Labute approximate surface area is 123 Å². The Morgan fingerprint density at radius 1 is 1.35 bits per heavy atom. The first-order valence-corrected chi connectivity index (χ1v) is 7.60. The van der Waals surface area contributed by atoms with Crippen LogP contribution in [0.2, 0.25) is 0 Å². The summed E-state index contributed by atoms with van der Waals surface area (Å²) < 4.78 is 1.02. The van der Waals surface area contributed by atoms with Crippen LogP contribution in [0.1, 0.15) is 41.8 Å². The predicted molar refractivity (Wildman–Crippen MR) is 85.3 cm³/mol. The van der Waals surface area contributed by atoms with Crippen LogP contribution in [0.5, 0.6) is 0 Å². The zero-order chi connectivity index (χ0) is 15.0. The van der Waals surface area contributed by atoms with E-state index in [1.807, 2.05) is 26.8 Å². The number of aromatic nitrogens is 1.